The van der Waals surface area contributed by atoms with Crippen molar-refractivity contribution >= 4 is 22.4 Å². The van der Waals surface area contributed by atoms with Crippen LogP contribution in [0, 0.1) is 0 Å². The van der Waals surface area contributed by atoms with Gasteiger partial charge in [0.15, 0.2) is 0 Å². The minimum absolute atomic E-state index is 0.247. The zero-order valence-corrected chi connectivity index (χ0v) is 16.0. The first-order valence-corrected chi connectivity index (χ1v) is 9.34. The Morgan fingerprint density at radius 3 is 1.41 bits per heavy atom. The van der Waals surface area contributed by atoms with E-state index >= 15 is 0 Å². The maximum absolute atomic E-state index is 10.7. The topological polar surface area (TPSA) is 0 Å². The Kier molecular flexibility index (Phi) is 5.26. The SMILES string of the molecule is CC(C)(C)c1ccc([PH3+])c(C(C)(C)C)c1.F[P-](F)(F)(F)(F)F. The zero-order valence-electron chi connectivity index (χ0n) is 13.7. The number of hydrogen-bond acceptors (Lipinski definition) is 0. The van der Waals surface area contributed by atoms with Gasteiger partial charge in [-0.25, -0.2) is 0 Å². The van der Waals surface area contributed by atoms with E-state index in [0.717, 1.165) is 0 Å². The van der Waals surface area contributed by atoms with Crippen LogP contribution in [0.5, 0.6) is 0 Å². The minimum atomic E-state index is -10.7. The maximum atomic E-state index is 9.87. The molecule has 1 aromatic carbocycles. The molecule has 0 aliphatic heterocycles. The quantitative estimate of drug-likeness (QED) is 0.345. The van der Waals surface area contributed by atoms with Crippen LogP contribution in [-0.2, 0) is 10.8 Å². The molecular weight excluding hydrogens is 344 g/mol. The van der Waals surface area contributed by atoms with Gasteiger partial charge in [-0.15, -0.1) is 0 Å². The molecule has 0 amide bonds. The summed E-state index contributed by atoms with van der Waals surface area (Å²) < 4.78 is 59.2. The summed E-state index contributed by atoms with van der Waals surface area (Å²) in [7, 11) is -8.67. The molecule has 0 spiro atoms. The molecule has 0 nitrogen and oxygen atoms in total. The molecule has 0 aromatic heterocycles. The van der Waals surface area contributed by atoms with Crippen LogP contribution in [0.4, 0.5) is 25.2 Å². The van der Waals surface area contributed by atoms with E-state index in [0.29, 0.717) is 0 Å². The predicted octanol–water partition coefficient (Wildman–Crippen LogP) is 6.90. The number of rotatable bonds is 0. The average molecular weight is 368 g/mol. The molecule has 8 heteroatoms. The van der Waals surface area contributed by atoms with E-state index in [1.807, 2.05) is 9.24 Å². The molecule has 1 unspecified atom stereocenters. The van der Waals surface area contributed by atoms with Gasteiger partial charge >= 0.3 is 33.0 Å². The van der Waals surface area contributed by atoms with Crippen molar-refractivity contribution in [1.82, 2.24) is 0 Å². The molecule has 1 rings (SSSR count). The third-order valence-corrected chi connectivity index (χ3v) is 3.40. The summed E-state index contributed by atoms with van der Waals surface area (Å²) in [4.78, 5) is 0. The molecule has 0 aliphatic rings. The van der Waals surface area contributed by atoms with E-state index in [-0.39, 0.29) is 10.8 Å². The first kappa shape index (κ1) is 21.7. The molecular formula is C14H24F6P2. The van der Waals surface area contributed by atoms with E-state index in [2.05, 4.69) is 59.7 Å². The molecule has 22 heavy (non-hydrogen) atoms. The number of halogens is 6. The molecule has 132 valence electrons. The average Bonchev–Trinajstić information content (AvgIpc) is 2.08. The second kappa shape index (κ2) is 5.34. The predicted molar refractivity (Wildman–Crippen MR) is 88.1 cm³/mol. The molecule has 0 saturated heterocycles. The Hall–Kier alpha value is -0.340. The third-order valence-electron chi connectivity index (χ3n) is 2.78. The molecule has 1 aromatic rings. The molecule has 0 bridgehead atoms. The fraction of sp³-hybridized carbons (Fsp3) is 0.571. The second-order valence-corrected chi connectivity index (χ2v) is 10.0. The van der Waals surface area contributed by atoms with Gasteiger partial charge in [0.25, 0.3) is 0 Å². The molecule has 0 fully saturated rings. The van der Waals surface area contributed by atoms with Crippen LogP contribution in [0.2, 0.25) is 0 Å². The summed E-state index contributed by atoms with van der Waals surface area (Å²) in [5, 5.41) is 1.43. The van der Waals surface area contributed by atoms with Gasteiger partial charge in [-0.05, 0) is 28.0 Å². The zero-order chi connectivity index (χ0) is 18.3. The summed E-state index contributed by atoms with van der Waals surface area (Å²) in [5.74, 6) is 0. The Bertz CT molecular complexity index is 521. The fourth-order valence-electron chi connectivity index (χ4n) is 1.74. The van der Waals surface area contributed by atoms with Gasteiger partial charge in [0, 0.05) is 9.24 Å². The molecule has 1 atom stereocenters. The van der Waals surface area contributed by atoms with Crippen molar-refractivity contribution < 1.29 is 25.2 Å². The van der Waals surface area contributed by atoms with Crippen molar-refractivity contribution in [1.29, 1.82) is 0 Å². The summed E-state index contributed by atoms with van der Waals surface area (Å²) in [5.41, 5.74) is 3.41. The van der Waals surface area contributed by atoms with Crippen LogP contribution in [0.25, 0.3) is 0 Å². The van der Waals surface area contributed by atoms with E-state index in [9.17, 15) is 25.2 Å². The Morgan fingerprint density at radius 2 is 1.14 bits per heavy atom. The van der Waals surface area contributed by atoms with Gasteiger partial charge in [-0.1, -0.05) is 53.7 Å². The van der Waals surface area contributed by atoms with Crippen LogP contribution in [0.15, 0.2) is 18.2 Å². The number of hydrogen-bond donors (Lipinski definition) is 0. The van der Waals surface area contributed by atoms with E-state index in [1.165, 1.54) is 16.4 Å². The summed E-state index contributed by atoms with van der Waals surface area (Å²) in [6.45, 7) is 13.7. The van der Waals surface area contributed by atoms with Crippen molar-refractivity contribution in [2.24, 2.45) is 0 Å². The van der Waals surface area contributed by atoms with Crippen molar-refractivity contribution in [3.05, 3.63) is 29.3 Å². The summed E-state index contributed by atoms with van der Waals surface area (Å²) >= 11 is 0. The van der Waals surface area contributed by atoms with Crippen LogP contribution < -0.4 is 5.30 Å². The van der Waals surface area contributed by atoms with Crippen LogP contribution in [0.1, 0.15) is 52.7 Å². The van der Waals surface area contributed by atoms with Crippen LogP contribution >= 0.6 is 17.0 Å². The summed E-state index contributed by atoms with van der Waals surface area (Å²) in [6, 6.07) is 6.90. The van der Waals surface area contributed by atoms with Gasteiger partial charge in [0.2, 0.25) is 0 Å². The van der Waals surface area contributed by atoms with Gasteiger partial charge < -0.3 is 0 Å². The first-order valence-electron chi connectivity index (χ1n) is 6.61. The van der Waals surface area contributed by atoms with E-state index < -0.39 is 7.81 Å². The molecule has 0 heterocycles. The molecule has 0 saturated carbocycles. The molecule has 0 aliphatic carbocycles. The fourth-order valence-corrected chi connectivity index (χ4v) is 2.49. The standard InChI is InChI=1S/C14H23P.F6P/c1-13(2,3)10-7-8-12(15)11(9-10)14(4,5)6;1-7(2,3,4,5)6/h7-9H,15H2,1-6H3;/q;-1/p+1. The molecule has 0 N–H and O–H groups in total. The monoisotopic (exact) mass is 368 g/mol. The van der Waals surface area contributed by atoms with Crippen molar-refractivity contribution in [2.45, 2.75) is 52.4 Å². The van der Waals surface area contributed by atoms with Crippen LogP contribution in [-0.4, -0.2) is 0 Å². The van der Waals surface area contributed by atoms with Crippen LogP contribution in [0.3, 0.4) is 0 Å². The van der Waals surface area contributed by atoms with Crippen molar-refractivity contribution in [3.63, 3.8) is 0 Å². The van der Waals surface area contributed by atoms with Gasteiger partial charge in [0.1, 0.15) is 0 Å². The van der Waals surface area contributed by atoms with Crippen molar-refractivity contribution in [2.75, 3.05) is 0 Å². The normalized spacial score (nSPS) is 16.4. The first-order chi connectivity index (χ1) is 9.07. The second-order valence-electron chi connectivity index (χ2n) is 7.33. The van der Waals surface area contributed by atoms with Gasteiger partial charge in [-0.2, -0.15) is 0 Å². The Morgan fingerprint density at radius 1 is 0.773 bits per heavy atom. The van der Waals surface area contributed by atoms with E-state index in [1.54, 1.807) is 0 Å². The third kappa shape index (κ3) is 11.3. The van der Waals surface area contributed by atoms with Gasteiger partial charge in [0.05, 0.1) is 5.30 Å². The van der Waals surface area contributed by atoms with Crippen molar-refractivity contribution in [3.8, 4) is 0 Å². The van der Waals surface area contributed by atoms with E-state index in [4.69, 9.17) is 0 Å². The summed E-state index contributed by atoms with van der Waals surface area (Å²) in [6.07, 6.45) is 0. The molecule has 0 radical (unpaired) electrons. The Balaban J connectivity index is 0.000000534. The van der Waals surface area contributed by atoms with Gasteiger partial charge in [-0.3, -0.25) is 0 Å². The number of benzene rings is 1. The Labute approximate surface area is 130 Å².